The van der Waals surface area contributed by atoms with E-state index in [1.165, 1.54) is 0 Å². The molecular weight excluding hydrogens is 256 g/mol. The molecule has 1 saturated carbocycles. The third kappa shape index (κ3) is 2.12. The molecule has 1 amide bonds. The monoisotopic (exact) mass is 276 g/mol. The van der Waals surface area contributed by atoms with E-state index in [2.05, 4.69) is 0 Å². The first-order chi connectivity index (χ1) is 9.72. The van der Waals surface area contributed by atoms with Gasteiger partial charge in [-0.1, -0.05) is 6.07 Å². The molecular formula is C15H20N2O3. The van der Waals surface area contributed by atoms with Gasteiger partial charge in [0.2, 0.25) is 0 Å². The molecule has 1 heterocycles. The zero-order valence-corrected chi connectivity index (χ0v) is 11.7. The van der Waals surface area contributed by atoms with Crippen molar-refractivity contribution in [3.05, 3.63) is 23.8 Å². The summed E-state index contributed by atoms with van der Waals surface area (Å²) in [5, 5.41) is 0. The zero-order chi connectivity index (χ0) is 14.1. The van der Waals surface area contributed by atoms with Gasteiger partial charge in [0.05, 0.1) is 25.9 Å². The molecule has 20 heavy (non-hydrogen) atoms. The van der Waals surface area contributed by atoms with E-state index < -0.39 is 0 Å². The van der Waals surface area contributed by atoms with Crippen LogP contribution in [-0.2, 0) is 4.74 Å². The van der Waals surface area contributed by atoms with Crippen LogP contribution in [0.15, 0.2) is 18.2 Å². The van der Waals surface area contributed by atoms with E-state index in [9.17, 15) is 4.79 Å². The van der Waals surface area contributed by atoms with Crippen LogP contribution in [-0.4, -0.2) is 43.2 Å². The third-order valence-corrected chi connectivity index (χ3v) is 4.24. The maximum absolute atomic E-state index is 12.9. The Kier molecular flexibility index (Phi) is 3.53. The summed E-state index contributed by atoms with van der Waals surface area (Å²) in [6, 6.07) is 5.49. The number of ether oxygens (including phenoxy) is 2. The first kappa shape index (κ1) is 13.2. The second-order valence-electron chi connectivity index (χ2n) is 5.33. The van der Waals surface area contributed by atoms with Gasteiger partial charge in [0, 0.05) is 12.2 Å². The Balaban J connectivity index is 1.92. The number of benzene rings is 1. The Bertz CT molecular complexity index is 518. The van der Waals surface area contributed by atoms with Gasteiger partial charge in [-0.25, -0.2) is 0 Å². The van der Waals surface area contributed by atoms with E-state index >= 15 is 0 Å². The maximum atomic E-state index is 12.9. The molecule has 1 aromatic carbocycles. The highest BCUT2D eigenvalue weighted by molar-refractivity contribution is 6.02. The SMILES string of the molecule is COc1cccc(N)c1C(=O)N1CCOC2CCCC21. The van der Waals surface area contributed by atoms with Gasteiger partial charge in [-0.15, -0.1) is 0 Å². The molecule has 2 N–H and O–H groups in total. The number of fused-ring (bicyclic) bond motifs is 1. The van der Waals surface area contributed by atoms with Crippen molar-refractivity contribution in [3.63, 3.8) is 0 Å². The van der Waals surface area contributed by atoms with Crippen LogP contribution in [0, 0.1) is 0 Å². The summed E-state index contributed by atoms with van der Waals surface area (Å²) >= 11 is 0. The lowest BCUT2D eigenvalue weighted by Crippen LogP contribution is -2.51. The summed E-state index contributed by atoms with van der Waals surface area (Å²) < 4.78 is 11.0. The van der Waals surface area contributed by atoms with E-state index in [1.807, 2.05) is 4.90 Å². The summed E-state index contributed by atoms with van der Waals surface area (Å²) in [7, 11) is 1.56. The zero-order valence-electron chi connectivity index (χ0n) is 11.7. The maximum Gasteiger partial charge on any atom is 0.260 e. The normalized spacial score (nSPS) is 25.4. The predicted octanol–water partition coefficient (Wildman–Crippen LogP) is 1.67. The van der Waals surface area contributed by atoms with Crippen molar-refractivity contribution in [2.45, 2.75) is 31.4 Å². The summed E-state index contributed by atoms with van der Waals surface area (Å²) in [4.78, 5) is 14.8. The Morgan fingerprint density at radius 2 is 2.30 bits per heavy atom. The van der Waals surface area contributed by atoms with E-state index in [0.717, 1.165) is 19.3 Å². The molecule has 0 spiro atoms. The lowest BCUT2D eigenvalue weighted by molar-refractivity contribution is -0.0445. The van der Waals surface area contributed by atoms with Crippen LogP contribution in [0.4, 0.5) is 5.69 Å². The first-order valence-corrected chi connectivity index (χ1v) is 7.07. The lowest BCUT2D eigenvalue weighted by atomic mass is 10.1. The summed E-state index contributed by atoms with van der Waals surface area (Å²) in [5.74, 6) is 0.496. The Hall–Kier alpha value is -1.75. The Morgan fingerprint density at radius 1 is 1.45 bits per heavy atom. The van der Waals surface area contributed by atoms with Gasteiger partial charge < -0.3 is 20.1 Å². The Morgan fingerprint density at radius 3 is 3.10 bits per heavy atom. The number of nitrogens with zero attached hydrogens (tertiary/aromatic N) is 1. The van der Waals surface area contributed by atoms with E-state index in [1.54, 1.807) is 25.3 Å². The van der Waals surface area contributed by atoms with Crippen molar-refractivity contribution in [3.8, 4) is 5.75 Å². The van der Waals surface area contributed by atoms with Crippen molar-refractivity contribution in [1.29, 1.82) is 0 Å². The van der Waals surface area contributed by atoms with E-state index in [-0.39, 0.29) is 18.1 Å². The number of carbonyl (C=O) groups excluding carboxylic acids is 1. The molecule has 2 fully saturated rings. The highest BCUT2D eigenvalue weighted by atomic mass is 16.5. The quantitative estimate of drug-likeness (QED) is 0.835. The highest BCUT2D eigenvalue weighted by Gasteiger charge is 2.39. The number of nitrogens with two attached hydrogens (primary N) is 1. The van der Waals surface area contributed by atoms with Crippen LogP contribution in [0.1, 0.15) is 29.6 Å². The van der Waals surface area contributed by atoms with Gasteiger partial charge in [-0.3, -0.25) is 4.79 Å². The van der Waals surface area contributed by atoms with Gasteiger partial charge in [0.1, 0.15) is 11.3 Å². The van der Waals surface area contributed by atoms with E-state index in [0.29, 0.717) is 30.2 Å². The molecule has 3 rings (SSSR count). The van der Waals surface area contributed by atoms with Crippen LogP contribution < -0.4 is 10.5 Å². The van der Waals surface area contributed by atoms with Crippen molar-refractivity contribution >= 4 is 11.6 Å². The molecule has 1 saturated heterocycles. The van der Waals surface area contributed by atoms with Gasteiger partial charge in [-0.05, 0) is 31.4 Å². The largest absolute Gasteiger partial charge is 0.496 e. The van der Waals surface area contributed by atoms with Gasteiger partial charge in [-0.2, -0.15) is 0 Å². The van der Waals surface area contributed by atoms with Gasteiger partial charge in [0.15, 0.2) is 0 Å². The number of amides is 1. The molecule has 1 aliphatic heterocycles. The minimum Gasteiger partial charge on any atom is -0.496 e. The molecule has 0 bridgehead atoms. The lowest BCUT2D eigenvalue weighted by Gasteiger charge is -2.38. The molecule has 2 aliphatic rings. The minimum atomic E-state index is -0.0415. The standard InChI is InChI=1S/C15H20N2O3/c1-19-13-7-2-4-10(16)14(13)15(18)17-8-9-20-12-6-3-5-11(12)17/h2,4,7,11-12H,3,5-6,8-9,16H2,1H3. The summed E-state index contributed by atoms with van der Waals surface area (Å²) in [5.41, 5.74) is 6.93. The molecule has 0 aromatic heterocycles. The number of hydrogen-bond donors (Lipinski definition) is 1. The van der Waals surface area contributed by atoms with Crippen molar-refractivity contribution in [2.75, 3.05) is 26.0 Å². The van der Waals surface area contributed by atoms with Crippen LogP contribution in [0.5, 0.6) is 5.75 Å². The smallest absolute Gasteiger partial charge is 0.260 e. The average molecular weight is 276 g/mol. The van der Waals surface area contributed by atoms with Crippen molar-refractivity contribution in [1.82, 2.24) is 4.90 Å². The van der Waals surface area contributed by atoms with E-state index in [4.69, 9.17) is 15.2 Å². The number of nitrogen functional groups attached to an aromatic ring is 1. The average Bonchev–Trinajstić information content (AvgIpc) is 2.94. The summed E-state index contributed by atoms with van der Waals surface area (Å²) in [6.45, 7) is 1.22. The number of carbonyl (C=O) groups is 1. The first-order valence-electron chi connectivity index (χ1n) is 7.07. The fourth-order valence-electron chi connectivity index (χ4n) is 3.27. The summed E-state index contributed by atoms with van der Waals surface area (Å²) in [6.07, 6.45) is 3.34. The van der Waals surface area contributed by atoms with Crippen LogP contribution in [0.2, 0.25) is 0 Å². The second kappa shape index (κ2) is 5.32. The van der Waals surface area contributed by atoms with Gasteiger partial charge in [0.25, 0.3) is 5.91 Å². The number of rotatable bonds is 2. The molecule has 5 nitrogen and oxygen atoms in total. The number of hydrogen-bond acceptors (Lipinski definition) is 4. The van der Waals surface area contributed by atoms with Crippen molar-refractivity contribution in [2.24, 2.45) is 0 Å². The van der Waals surface area contributed by atoms with Crippen LogP contribution in [0.3, 0.4) is 0 Å². The topological polar surface area (TPSA) is 64.8 Å². The molecule has 108 valence electrons. The third-order valence-electron chi connectivity index (χ3n) is 4.24. The molecule has 1 aromatic rings. The fourth-order valence-corrected chi connectivity index (χ4v) is 3.27. The number of anilines is 1. The molecule has 5 heteroatoms. The number of morpholine rings is 1. The second-order valence-corrected chi connectivity index (χ2v) is 5.33. The molecule has 2 unspecified atom stereocenters. The highest BCUT2D eigenvalue weighted by Crippen LogP contribution is 2.33. The van der Waals surface area contributed by atoms with Gasteiger partial charge >= 0.3 is 0 Å². The predicted molar refractivity (Wildman–Crippen MR) is 75.8 cm³/mol. The van der Waals surface area contributed by atoms with Crippen LogP contribution in [0.25, 0.3) is 0 Å². The molecule has 2 atom stereocenters. The van der Waals surface area contributed by atoms with Crippen LogP contribution >= 0.6 is 0 Å². The fraction of sp³-hybridized carbons (Fsp3) is 0.533. The number of methoxy groups -OCH3 is 1. The minimum absolute atomic E-state index is 0.0415. The van der Waals surface area contributed by atoms with Crippen molar-refractivity contribution < 1.29 is 14.3 Å². The Labute approximate surface area is 118 Å². The molecule has 1 aliphatic carbocycles. The molecule has 0 radical (unpaired) electrons.